The van der Waals surface area contributed by atoms with Crippen LogP contribution >= 0.6 is 11.3 Å². The zero-order valence-corrected chi connectivity index (χ0v) is 13.8. The minimum Gasteiger partial charge on any atom is -0.468 e. The lowest BCUT2D eigenvalue weighted by molar-refractivity contribution is -0.143. The number of methoxy groups -OCH3 is 1. The van der Waals surface area contributed by atoms with Crippen LogP contribution in [0.5, 0.6) is 0 Å². The number of nitrogens with two attached hydrogens (primary N) is 1. The van der Waals surface area contributed by atoms with Crippen molar-refractivity contribution in [2.24, 2.45) is 16.8 Å². The summed E-state index contributed by atoms with van der Waals surface area (Å²) in [6, 6.07) is 8.63. The van der Waals surface area contributed by atoms with Crippen molar-refractivity contribution in [3.05, 3.63) is 29.3 Å². The average molecular weight is 345 g/mol. The normalized spacial score (nSPS) is 13.8. The first-order chi connectivity index (χ1) is 11.5. The molecule has 124 valence electrons. The van der Waals surface area contributed by atoms with E-state index in [1.807, 2.05) is 24.3 Å². The number of hydrogen-bond donors (Lipinski definition) is 2. The largest absolute Gasteiger partial charge is 0.468 e. The first-order valence-corrected chi connectivity index (χ1v) is 7.72. The maximum absolute atomic E-state index is 12.2. The van der Waals surface area contributed by atoms with E-state index in [0.29, 0.717) is 5.01 Å². The molecule has 0 aliphatic heterocycles. The molecule has 9 heteroatoms. The summed E-state index contributed by atoms with van der Waals surface area (Å²) in [6.45, 7) is 1.51. The Hall–Kier alpha value is -2.99. The zero-order chi connectivity index (χ0) is 17.7. The number of aromatic nitrogens is 1. The predicted molar refractivity (Wildman–Crippen MR) is 89.3 cm³/mol. The standard InChI is InChI=1S/C15H15N5O3S/c1-8(19-20-15(17)22)12(14(21)23-2)9(7-16)13-18-10-5-3-4-6-11(10)24-13/h3-6,9,12H,1-2H3,(H3,17,20,22)/b19-8+. The summed E-state index contributed by atoms with van der Waals surface area (Å²) in [5, 5.41) is 13.8. The molecule has 0 saturated carbocycles. The third-order valence-corrected chi connectivity index (χ3v) is 4.42. The van der Waals surface area contributed by atoms with Crippen LogP contribution in [0.25, 0.3) is 10.2 Å². The molecule has 0 aliphatic rings. The van der Waals surface area contributed by atoms with Gasteiger partial charge < -0.3 is 10.5 Å². The number of carbonyl (C=O) groups is 2. The van der Waals surface area contributed by atoms with E-state index in [1.165, 1.54) is 25.4 Å². The quantitative estimate of drug-likeness (QED) is 0.484. The molecule has 0 saturated heterocycles. The molecular weight excluding hydrogens is 330 g/mol. The van der Waals surface area contributed by atoms with Crippen LogP contribution in [0, 0.1) is 17.2 Å². The second kappa shape index (κ2) is 7.52. The number of nitriles is 1. The Morgan fingerprint density at radius 1 is 1.46 bits per heavy atom. The van der Waals surface area contributed by atoms with Crippen LogP contribution in [-0.2, 0) is 9.53 Å². The van der Waals surface area contributed by atoms with Crippen LogP contribution in [0.3, 0.4) is 0 Å². The van der Waals surface area contributed by atoms with Gasteiger partial charge in [-0.05, 0) is 19.1 Å². The first kappa shape index (κ1) is 17.4. The number of rotatable bonds is 5. The molecule has 2 unspecified atom stereocenters. The van der Waals surface area contributed by atoms with Gasteiger partial charge in [-0.3, -0.25) is 4.79 Å². The molecule has 1 aromatic carbocycles. The van der Waals surface area contributed by atoms with Gasteiger partial charge in [0.2, 0.25) is 0 Å². The van der Waals surface area contributed by atoms with Gasteiger partial charge in [0.25, 0.3) is 0 Å². The second-order valence-corrected chi connectivity index (χ2v) is 5.92. The number of benzene rings is 1. The summed E-state index contributed by atoms with van der Waals surface area (Å²) < 4.78 is 5.68. The molecule has 8 nitrogen and oxygen atoms in total. The number of nitrogens with one attached hydrogen (secondary N) is 1. The highest BCUT2D eigenvalue weighted by Gasteiger charge is 2.35. The Morgan fingerprint density at radius 2 is 2.17 bits per heavy atom. The highest BCUT2D eigenvalue weighted by molar-refractivity contribution is 7.18. The number of urea groups is 1. The van der Waals surface area contributed by atoms with Crippen molar-refractivity contribution < 1.29 is 14.3 Å². The van der Waals surface area contributed by atoms with Gasteiger partial charge in [-0.25, -0.2) is 15.2 Å². The van der Waals surface area contributed by atoms with E-state index in [9.17, 15) is 14.9 Å². The number of hydrogen-bond acceptors (Lipinski definition) is 7. The summed E-state index contributed by atoms with van der Waals surface area (Å²) >= 11 is 1.32. The lowest BCUT2D eigenvalue weighted by atomic mass is 9.90. The van der Waals surface area contributed by atoms with Crippen molar-refractivity contribution in [2.45, 2.75) is 12.8 Å². The fourth-order valence-corrected chi connectivity index (χ4v) is 3.23. The maximum Gasteiger partial charge on any atom is 0.332 e. The van der Waals surface area contributed by atoms with Crippen molar-refractivity contribution in [2.75, 3.05) is 7.11 Å². The third kappa shape index (κ3) is 3.67. The summed E-state index contributed by atoms with van der Waals surface area (Å²) in [6.07, 6.45) is 0. The van der Waals surface area contributed by atoms with Crippen LogP contribution < -0.4 is 11.2 Å². The lowest BCUT2D eigenvalue weighted by Crippen LogP contribution is -2.33. The van der Waals surface area contributed by atoms with E-state index in [0.717, 1.165) is 10.2 Å². The number of fused-ring (bicyclic) bond motifs is 1. The molecule has 1 aromatic heterocycles. The van der Waals surface area contributed by atoms with E-state index in [2.05, 4.69) is 21.6 Å². The van der Waals surface area contributed by atoms with Crippen molar-refractivity contribution in [3.8, 4) is 6.07 Å². The molecule has 2 amide bonds. The third-order valence-electron chi connectivity index (χ3n) is 3.30. The monoisotopic (exact) mass is 345 g/mol. The van der Waals surface area contributed by atoms with Crippen molar-refractivity contribution in [1.82, 2.24) is 10.4 Å². The Balaban J connectivity index is 2.45. The van der Waals surface area contributed by atoms with Gasteiger partial charge in [0.1, 0.15) is 16.8 Å². The number of thiazole rings is 1. The number of primary amides is 1. The van der Waals surface area contributed by atoms with Crippen LogP contribution in [0.15, 0.2) is 29.4 Å². The summed E-state index contributed by atoms with van der Waals surface area (Å²) in [4.78, 5) is 27.4. The van der Waals surface area contributed by atoms with Crippen LogP contribution in [0.4, 0.5) is 4.79 Å². The predicted octanol–water partition coefficient (Wildman–Crippen LogP) is 1.74. The Kier molecular flexibility index (Phi) is 5.44. The Morgan fingerprint density at radius 3 is 2.75 bits per heavy atom. The molecule has 0 fully saturated rings. The van der Waals surface area contributed by atoms with E-state index >= 15 is 0 Å². The number of amides is 2. The minimum atomic E-state index is -1.01. The van der Waals surface area contributed by atoms with Crippen molar-refractivity contribution in [3.63, 3.8) is 0 Å². The van der Waals surface area contributed by atoms with E-state index in [4.69, 9.17) is 10.5 Å². The fraction of sp³-hybridized carbons (Fsp3) is 0.267. The zero-order valence-electron chi connectivity index (χ0n) is 13.0. The Labute approximate surface area is 141 Å². The van der Waals surface area contributed by atoms with E-state index in [1.54, 1.807) is 0 Å². The van der Waals surface area contributed by atoms with Crippen LogP contribution in [-0.4, -0.2) is 29.8 Å². The lowest BCUT2D eigenvalue weighted by Gasteiger charge is -2.17. The number of nitrogens with zero attached hydrogens (tertiary/aromatic N) is 3. The van der Waals surface area contributed by atoms with Gasteiger partial charge in [-0.1, -0.05) is 12.1 Å². The number of ether oxygens (including phenoxy) is 1. The molecule has 0 bridgehead atoms. The maximum atomic E-state index is 12.2. The van der Waals surface area contributed by atoms with Gasteiger partial charge in [-0.15, -0.1) is 11.3 Å². The average Bonchev–Trinajstić information content (AvgIpc) is 3.00. The van der Waals surface area contributed by atoms with Gasteiger partial charge in [-0.2, -0.15) is 10.4 Å². The molecule has 3 N–H and O–H groups in total. The number of hydrazone groups is 1. The summed E-state index contributed by atoms with van der Waals surface area (Å²) in [5.74, 6) is -2.55. The van der Waals surface area contributed by atoms with Crippen molar-refractivity contribution >= 4 is 39.3 Å². The molecule has 0 spiro atoms. The molecule has 0 radical (unpaired) electrons. The highest BCUT2D eigenvalue weighted by Crippen LogP contribution is 2.33. The van der Waals surface area contributed by atoms with Gasteiger partial charge in [0, 0.05) is 0 Å². The molecule has 2 rings (SSSR count). The second-order valence-electron chi connectivity index (χ2n) is 4.86. The molecule has 24 heavy (non-hydrogen) atoms. The molecular formula is C15H15N5O3S. The highest BCUT2D eigenvalue weighted by atomic mass is 32.1. The summed E-state index contributed by atoms with van der Waals surface area (Å²) in [7, 11) is 1.22. The molecule has 1 heterocycles. The minimum absolute atomic E-state index is 0.200. The smallest absolute Gasteiger partial charge is 0.332 e. The number of carbonyl (C=O) groups excluding carboxylic acids is 2. The molecule has 2 aromatic rings. The van der Waals surface area contributed by atoms with Crippen LogP contribution in [0.1, 0.15) is 17.8 Å². The molecule has 2 atom stereocenters. The SMILES string of the molecule is COC(=O)C(/C(C)=N/NC(N)=O)C(C#N)c1nc2ccccc2s1. The first-order valence-electron chi connectivity index (χ1n) is 6.90. The van der Waals surface area contributed by atoms with E-state index in [-0.39, 0.29) is 5.71 Å². The fourth-order valence-electron chi connectivity index (χ4n) is 2.18. The van der Waals surface area contributed by atoms with Crippen molar-refractivity contribution in [1.29, 1.82) is 5.26 Å². The van der Waals surface area contributed by atoms with Crippen LogP contribution in [0.2, 0.25) is 0 Å². The van der Waals surface area contributed by atoms with E-state index < -0.39 is 23.8 Å². The van der Waals surface area contributed by atoms with Gasteiger partial charge in [0.15, 0.2) is 0 Å². The van der Waals surface area contributed by atoms with Gasteiger partial charge in [0.05, 0.1) is 29.1 Å². The summed E-state index contributed by atoms with van der Waals surface area (Å²) in [5.41, 5.74) is 7.97. The topological polar surface area (TPSA) is 130 Å². The Bertz CT molecular complexity index is 806. The number of para-hydroxylation sites is 1. The van der Waals surface area contributed by atoms with Gasteiger partial charge >= 0.3 is 12.0 Å². The molecule has 0 aliphatic carbocycles. The number of esters is 1.